The van der Waals surface area contributed by atoms with Gasteiger partial charge >= 0.3 is 0 Å². The number of hydrogen-bond donors (Lipinski definition) is 3. The molecule has 1 aromatic carbocycles. The van der Waals surface area contributed by atoms with Gasteiger partial charge in [-0.1, -0.05) is 0 Å². The van der Waals surface area contributed by atoms with Gasteiger partial charge in [-0.15, -0.1) is 0 Å². The van der Waals surface area contributed by atoms with E-state index in [4.69, 9.17) is 0 Å². The van der Waals surface area contributed by atoms with Crippen LogP contribution in [0.3, 0.4) is 0 Å². The average Bonchev–Trinajstić information content (AvgIpc) is 2.42. The number of phenolic OH excluding ortho intramolecular Hbond substituents is 2. The van der Waals surface area contributed by atoms with Crippen molar-refractivity contribution in [1.29, 1.82) is 0 Å². The van der Waals surface area contributed by atoms with Crippen LogP contribution in [0.25, 0.3) is 0 Å². The topological polar surface area (TPSA) is 52.5 Å². The van der Waals surface area contributed by atoms with Gasteiger partial charge in [-0.2, -0.15) is 0 Å². The molecule has 1 aliphatic heterocycles. The fraction of sp³-hybridized carbons (Fsp3) is 0.571. The zero-order valence-electron chi connectivity index (χ0n) is 11.0. The lowest BCUT2D eigenvalue weighted by atomic mass is 9.92. The van der Waals surface area contributed by atoms with E-state index < -0.39 is 0 Å². The quantitative estimate of drug-likeness (QED) is 0.604. The summed E-state index contributed by atoms with van der Waals surface area (Å²) in [7, 11) is 0. The lowest BCUT2D eigenvalue weighted by molar-refractivity contribution is 0.441. The number of hydrogen-bond acceptors (Lipinski definition) is 3. The van der Waals surface area contributed by atoms with E-state index in [1.807, 2.05) is 13.8 Å². The van der Waals surface area contributed by atoms with E-state index in [0.29, 0.717) is 23.6 Å². The van der Waals surface area contributed by atoms with Crippen molar-refractivity contribution in [2.24, 2.45) is 0 Å². The highest BCUT2D eigenvalue weighted by Gasteiger charge is 2.25. The molecular weight excluding hydrogens is 214 g/mol. The van der Waals surface area contributed by atoms with Gasteiger partial charge in [0, 0.05) is 23.2 Å². The second kappa shape index (κ2) is 4.22. The maximum atomic E-state index is 10.2. The van der Waals surface area contributed by atoms with E-state index in [2.05, 4.69) is 19.2 Å². The molecule has 0 unspecified atom stereocenters. The molecule has 3 heteroatoms. The van der Waals surface area contributed by atoms with E-state index in [1.165, 1.54) is 0 Å². The highest BCUT2D eigenvalue weighted by molar-refractivity contribution is 5.58. The summed E-state index contributed by atoms with van der Waals surface area (Å²) < 4.78 is 0. The molecule has 0 amide bonds. The lowest BCUT2D eigenvalue weighted by Crippen LogP contribution is -2.34. The first-order valence-electron chi connectivity index (χ1n) is 6.20. The Balaban J connectivity index is 2.64. The third-order valence-corrected chi connectivity index (χ3v) is 3.80. The maximum Gasteiger partial charge on any atom is 0.122 e. The summed E-state index contributed by atoms with van der Waals surface area (Å²) in [5.74, 6) is 0.719. The molecule has 94 valence electrons. The molecule has 1 aromatic rings. The van der Waals surface area contributed by atoms with Gasteiger partial charge < -0.3 is 15.5 Å². The molecule has 0 aliphatic carbocycles. The average molecular weight is 235 g/mol. The minimum absolute atomic E-state index is 0.318. The monoisotopic (exact) mass is 235 g/mol. The Kier molecular flexibility index (Phi) is 3.04. The van der Waals surface area contributed by atoms with Crippen molar-refractivity contribution in [3.63, 3.8) is 0 Å². The van der Waals surface area contributed by atoms with Crippen LogP contribution in [0.2, 0.25) is 0 Å². The van der Waals surface area contributed by atoms with Crippen LogP contribution in [0.15, 0.2) is 0 Å². The molecule has 1 heterocycles. The van der Waals surface area contributed by atoms with Crippen LogP contribution < -0.4 is 5.32 Å². The highest BCUT2D eigenvalue weighted by Crippen LogP contribution is 2.39. The van der Waals surface area contributed by atoms with E-state index in [-0.39, 0.29) is 0 Å². The molecule has 1 aliphatic rings. The van der Waals surface area contributed by atoms with Crippen LogP contribution in [0.1, 0.15) is 36.1 Å². The molecular formula is C14H21NO2. The van der Waals surface area contributed by atoms with Gasteiger partial charge in [-0.3, -0.25) is 0 Å². The summed E-state index contributed by atoms with van der Waals surface area (Å²) in [5, 5.41) is 23.9. The smallest absolute Gasteiger partial charge is 0.122 e. The Labute approximate surface area is 102 Å². The van der Waals surface area contributed by atoms with E-state index in [9.17, 15) is 10.2 Å². The molecule has 2 atom stereocenters. The van der Waals surface area contributed by atoms with E-state index in [0.717, 1.165) is 35.1 Å². The van der Waals surface area contributed by atoms with Crippen LogP contribution >= 0.6 is 0 Å². The van der Waals surface area contributed by atoms with E-state index >= 15 is 0 Å². The van der Waals surface area contributed by atoms with Crippen LogP contribution in [-0.2, 0) is 12.8 Å². The largest absolute Gasteiger partial charge is 0.507 e. The Morgan fingerprint density at radius 1 is 0.882 bits per heavy atom. The van der Waals surface area contributed by atoms with Crippen LogP contribution in [0.5, 0.6) is 11.5 Å². The number of fused-ring (bicyclic) bond motifs is 1. The molecule has 3 nitrogen and oxygen atoms in total. The lowest BCUT2D eigenvalue weighted by Gasteiger charge is -2.17. The molecule has 2 rings (SSSR count). The van der Waals surface area contributed by atoms with Crippen molar-refractivity contribution >= 4 is 0 Å². The van der Waals surface area contributed by atoms with Crippen molar-refractivity contribution < 1.29 is 10.2 Å². The van der Waals surface area contributed by atoms with Crippen molar-refractivity contribution in [2.45, 2.75) is 52.6 Å². The van der Waals surface area contributed by atoms with Gasteiger partial charge in [0.25, 0.3) is 0 Å². The third-order valence-electron chi connectivity index (χ3n) is 3.80. The van der Waals surface area contributed by atoms with Crippen molar-refractivity contribution in [1.82, 2.24) is 5.32 Å². The van der Waals surface area contributed by atoms with Gasteiger partial charge in [0.15, 0.2) is 0 Å². The Bertz CT molecular complexity index is 413. The molecule has 0 aromatic heterocycles. The molecule has 0 radical (unpaired) electrons. The minimum Gasteiger partial charge on any atom is -0.507 e. The number of nitrogens with one attached hydrogen (secondary N) is 1. The van der Waals surface area contributed by atoms with Gasteiger partial charge in [-0.05, 0) is 51.7 Å². The van der Waals surface area contributed by atoms with Crippen LogP contribution in [0.4, 0.5) is 0 Å². The summed E-state index contributed by atoms with van der Waals surface area (Å²) in [4.78, 5) is 0. The fourth-order valence-corrected chi connectivity index (χ4v) is 2.75. The second-order valence-corrected chi connectivity index (χ2v) is 5.28. The molecule has 0 fully saturated rings. The van der Waals surface area contributed by atoms with E-state index in [1.54, 1.807) is 0 Å². The summed E-state index contributed by atoms with van der Waals surface area (Å²) in [6, 6.07) is 0.636. The number of benzene rings is 1. The predicted molar refractivity (Wildman–Crippen MR) is 68.7 cm³/mol. The standard InChI is InChI=1S/C14H21NO2/c1-7-5-11-12(6-8(2)15-7)14(17)10(4)9(3)13(11)16/h7-8,15-17H,5-6H2,1-4H3/t7-,8+. The zero-order chi connectivity index (χ0) is 12.7. The van der Waals surface area contributed by atoms with Gasteiger partial charge in [0.1, 0.15) is 11.5 Å². The van der Waals surface area contributed by atoms with Crippen LogP contribution in [0, 0.1) is 13.8 Å². The summed E-state index contributed by atoms with van der Waals surface area (Å²) in [5.41, 5.74) is 3.41. The molecule has 0 spiro atoms. The fourth-order valence-electron chi connectivity index (χ4n) is 2.75. The second-order valence-electron chi connectivity index (χ2n) is 5.28. The summed E-state index contributed by atoms with van der Waals surface area (Å²) in [6.07, 6.45) is 1.53. The first kappa shape index (κ1) is 12.2. The minimum atomic E-state index is 0.318. The zero-order valence-corrected chi connectivity index (χ0v) is 11.0. The molecule has 3 N–H and O–H groups in total. The normalized spacial score (nSPS) is 24.2. The molecule has 0 saturated heterocycles. The number of rotatable bonds is 0. The number of phenols is 2. The van der Waals surface area contributed by atoms with Gasteiger partial charge in [0.05, 0.1) is 0 Å². The van der Waals surface area contributed by atoms with Gasteiger partial charge in [-0.25, -0.2) is 0 Å². The van der Waals surface area contributed by atoms with Gasteiger partial charge in [0.2, 0.25) is 0 Å². The Morgan fingerprint density at radius 2 is 1.24 bits per heavy atom. The molecule has 0 saturated carbocycles. The van der Waals surface area contributed by atoms with Crippen LogP contribution in [-0.4, -0.2) is 22.3 Å². The molecule has 17 heavy (non-hydrogen) atoms. The highest BCUT2D eigenvalue weighted by atomic mass is 16.3. The Morgan fingerprint density at radius 3 is 1.59 bits per heavy atom. The summed E-state index contributed by atoms with van der Waals surface area (Å²) >= 11 is 0. The number of aromatic hydroxyl groups is 2. The van der Waals surface area contributed by atoms with Crippen molar-refractivity contribution in [2.75, 3.05) is 0 Å². The third kappa shape index (κ3) is 2.00. The summed E-state index contributed by atoms with van der Waals surface area (Å²) in [6.45, 7) is 7.93. The molecule has 0 bridgehead atoms. The van der Waals surface area contributed by atoms with Crippen molar-refractivity contribution in [3.8, 4) is 11.5 Å². The first-order valence-corrected chi connectivity index (χ1v) is 6.20. The Hall–Kier alpha value is -1.22. The first-order chi connectivity index (χ1) is 7.91. The predicted octanol–water partition coefficient (Wildman–Crippen LogP) is 2.18. The van der Waals surface area contributed by atoms with Crippen molar-refractivity contribution in [3.05, 3.63) is 22.3 Å². The SMILES string of the molecule is Cc1c(C)c(O)c2c(c1O)C[C@@H](C)N[C@@H](C)C2. The maximum absolute atomic E-state index is 10.2.